The molecule has 0 unspecified atom stereocenters. The van der Waals surface area contributed by atoms with Crippen LogP contribution in [-0.4, -0.2) is 15.7 Å². The number of anilines is 1. The van der Waals surface area contributed by atoms with Gasteiger partial charge in [-0.1, -0.05) is 19.3 Å². The molecule has 4 nitrogen and oxygen atoms in total. The molecule has 3 fully saturated rings. The number of amides is 1. The van der Waals surface area contributed by atoms with Crippen molar-refractivity contribution in [2.24, 2.45) is 17.8 Å². The van der Waals surface area contributed by atoms with Gasteiger partial charge >= 0.3 is 0 Å². The first-order chi connectivity index (χ1) is 9.81. The van der Waals surface area contributed by atoms with Crippen LogP contribution in [0.1, 0.15) is 57.4 Å². The summed E-state index contributed by atoms with van der Waals surface area (Å²) in [6, 6.07) is 2.43. The van der Waals surface area contributed by atoms with Gasteiger partial charge in [0.05, 0.1) is 12.2 Å². The molecule has 2 bridgehead atoms. The van der Waals surface area contributed by atoms with Crippen LogP contribution >= 0.6 is 0 Å². The van der Waals surface area contributed by atoms with Gasteiger partial charge in [-0.15, -0.1) is 0 Å². The highest BCUT2D eigenvalue weighted by atomic mass is 16.2. The van der Waals surface area contributed by atoms with Crippen molar-refractivity contribution in [1.29, 1.82) is 0 Å². The van der Waals surface area contributed by atoms with Crippen molar-refractivity contribution < 1.29 is 4.79 Å². The Balaban J connectivity index is 1.46. The summed E-state index contributed by atoms with van der Waals surface area (Å²) in [5.41, 5.74) is 0. The van der Waals surface area contributed by atoms with Gasteiger partial charge in [-0.3, -0.25) is 4.79 Å². The summed E-state index contributed by atoms with van der Waals surface area (Å²) in [5, 5.41) is 7.58. The second-order valence-corrected chi connectivity index (χ2v) is 6.87. The molecular formula is C16H23N3O. The van der Waals surface area contributed by atoms with Crippen molar-refractivity contribution in [3.63, 3.8) is 0 Å². The maximum Gasteiger partial charge on any atom is 0.228 e. The van der Waals surface area contributed by atoms with Crippen molar-refractivity contribution in [1.82, 2.24) is 9.78 Å². The third-order valence-electron chi connectivity index (χ3n) is 5.67. The maximum absolute atomic E-state index is 12.5. The van der Waals surface area contributed by atoms with Crippen LogP contribution in [0.2, 0.25) is 0 Å². The fourth-order valence-electron chi connectivity index (χ4n) is 4.64. The van der Waals surface area contributed by atoms with Crippen LogP contribution in [0.25, 0.3) is 0 Å². The first-order valence-corrected chi connectivity index (χ1v) is 8.15. The predicted octanol–water partition coefficient (Wildman–Crippen LogP) is 3.37. The predicted molar refractivity (Wildman–Crippen MR) is 77.3 cm³/mol. The minimum absolute atomic E-state index is 0.233. The van der Waals surface area contributed by atoms with E-state index in [4.69, 9.17) is 0 Å². The first kappa shape index (κ1) is 12.4. The Hall–Kier alpha value is -1.32. The SMILES string of the molecule is O=C(Nc1ccnn1C1CCCC1)[C@H]1C[C@@H]2CC[C@@H]1C2. The molecule has 108 valence electrons. The van der Waals surface area contributed by atoms with Gasteiger partial charge in [0.25, 0.3) is 0 Å². The summed E-state index contributed by atoms with van der Waals surface area (Å²) >= 11 is 0. The normalized spacial score (nSPS) is 32.9. The molecule has 3 atom stereocenters. The summed E-state index contributed by atoms with van der Waals surface area (Å²) in [4.78, 5) is 12.5. The fraction of sp³-hybridized carbons (Fsp3) is 0.750. The Labute approximate surface area is 119 Å². The zero-order valence-corrected chi connectivity index (χ0v) is 11.9. The Morgan fingerprint density at radius 3 is 2.75 bits per heavy atom. The third-order valence-corrected chi connectivity index (χ3v) is 5.67. The second-order valence-electron chi connectivity index (χ2n) is 6.87. The molecule has 3 saturated carbocycles. The molecule has 1 aromatic heterocycles. The lowest BCUT2D eigenvalue weighted by atomic mass is 9.88. The van der Waals surface area contributed by atoms with Crippen molar-refractivity contribution in [3.8, 4) is 0 Å². The van der Waals surface area contributed by atoms with Gasteiger partial charge in [-0.2, -0.15) is 5.10 Å². The smallest absolute Gasteiger partial charge is 0.228 e. The van der Waals surface area contributed by atoms with Crippen LogP contribution in [-0.2, 0) is 4.79 Å². The fourth-order valence-corrected chi connectivity index (χ4v) is 4.64. The molecule has 0 radical (unpaired) electrons. The van der Waals surface area contributed by atoms with E-state index in [2.05, 4.69) is 10.4 Å². The monoisotopic (exact) mass is 273 g/mol. The lowest BCUT2D eigenvalue weighted by Crippen LogP contribution is -2.28. The number of carbonyl (C=O) groups excluding carboxylic acids is 1. The molecular weight excluding hydrogens is 250 g/mol. The van der Waals surface area contributed by atoms with E-state index in [1.54, 1.807) is 0 Å². The highest BCUT2D eigenvalue weighted by Crippen LogP contribution is 2.48. The van der Waals surface area contributed by atoms with Gasteiger partial charge in [0.2, 0.25) is 5.91 Å². The largest absolute Gasteiger partial charge is 0.311 e. The van der Waals surface area contributed by atoms with E-state index in [1.807, 2.05) is 16.9 Å². The minimum Gasteiger partial charge on any atom is -0.311 e. The minimum atomic E-state index is 0.233. The Morgan fingerprint density at radius 1 is 1.20 bits per heavy atom. The molecule has 0 aliphatic heterocycles. The number of aromatic nitrogens is 2. The number of fused-ring (bicyclic) bond motifs is 2. The molecule has 0 aromatic carbocycles. The van der Waals surface area contributed by atoms with Crippen molar-refractivity contribution in [2.45, 2.75) is 57.4 Å². The average molecular weight is 273 g/mol. The van der Waals surface area contributed by atoms with Gasteiger partial charge in [-0.05, 0) is 43.9 Å². The van der Waals surface area contributed by atoms with Crippen molar-refractivity contribution in [3.05, 3.63) is 12.3 Å². The number of rotatable bonds is 3. The molecule has 1 amide bonds. The standard InChI is InChI=1S/C16H23N3O/c20-16(14-10-11-5-6-12(14)9-11)18-15-7-8-17-19(15)13-3-1-2-4-13/h7-8,11-14H,1-6,9-10H2,(H,18,20)/t11-,12-,14+/m1/s1. The number of hydrogen-bond acceptors (Lipinski definition) is 2. The van der Waals surface area contributed by atoms with E-state index in [-0.39, 0.29) is 11.8 Å². The number of carbonyl (C=O) groups is 1. The Morgan fingerprint density at radius 2 is 2.05 bits per heavy atom. The van der Waals surface area contributed by atoms with Crippen molar-refractivity contribution >= 4 is 11.7 Å². The molecule has 3 aliphatic carbocycles. The Kier molecular flexibility index (Phi) is 3.04. The van der Waals surface area contributed by atoms with E-state index < -0.39 is 0 Å². The summed E-state index contributed by atoms with van der Waals surface area (Å²) in [5.74, 6) is 2.85. The van der Waals surface area contributed by atoms with E-state index in [1.165, 1.54) is 44.9 Å². The highest BCUT2D eigenvalue weighted by molar-refractivity contribution is 5.92. The summed E-state index contributed by atoms with van der Waals surface area (Å²) in [6.45, 7) is 0. The van der Waals surface area contributed by atoms with Crippen LogP contribution in [0.3, 0.4) is 0 Å². The van der Waals surface area contributed by atoms with Gasteiger partial charge in [0.15, 0.2) is 0 Å². The number of nitrogens with zero attached hydrogens (tertiary/aromatic N) is 2. The highest BCUT2D eigenvalue weighted by Gasteiger charge is 2.43. The maximum atomic E-state index is 12.5. The van der Waals surface area contributed by atoms with Gasteiger partial charge in [-0.25, -0.2) is 4.68 Å². The number of nitrogens with one attached hydrogen (secondary N) is 1. The zero-order valence-electron chi connectivity index (χ0n) is 11.9. The molecule has 1 aromatic rings. The van der Waals surface area contributed by atoms with E-state index in [0.717, 1.165) is 18.2 Å². The summed E-state index contributed by atoms with van der Waals surface area (Å²) < 4.78 is 2.04. The quantitative estimate of drug-likeness (QED) is 0.917. The van der Waals surface area contributed by atoms with Crippen LogP contribution in [0.5, 0.6) is 0 Å². The first-order valence-electron chi connectivity index (χ1n) is 8.15. The molecule has 3 aliphatic rings. The van der Waals surface area contributed by atoms with Gasteiger partial charge in [0, 0.05) is 12.0 Å². The number of hydrogen-bond donors (Lipinski definition) is 1. The van der Waals surface area contributed by atoms with E-state index in [9.17, 15) is 4.79 Å². The zero-order chi connectivity index (χ0) is 13.5. The summed E-state index contributed by atoms with van der Waals surface area (Å²) in [6.07, 6.45) is 11.7. The molecule has 20 heavy (non-hydrogen) atoms. The van der Waals surface area contributed by atoms with E-state index >= 15 is 0 Å². The lowest BCUT2D eigenvalue weighted by Gasteiger charge is -2.22. The van der Waals surface area contributed by atoms with Gasteiger partial charge in [0.1, 0.15) is 5.82 Å². The summed E-state index contributed by atoms with van der Waals surface area (Å²) in [7, 11) is 0. The van der Waals surface area contributed by atoms with Gasteiger partial charge < -0.3 is 5.32 Å². The lowest BCUT2D eigenvalue weighted by molar-refractivity contribution is -0.121. The Bertz CT molecular complexity index is 504. The molecule has 1 N–H and O–H groups in total. The van der Waals surface area contributed by atoms with Crippen LogP contribution < -0.4 is 5.32 Å². The van der Waals surface area contributed by atoms with Crippen LogP contribution in [0.15, 0.2) is 12.3 Å². The van der Waals surface area contributed by atoms with Crippen LogP contribution in [0.4, 0.5) is 5.82 Å². The molecule has 4 heteroatoms. The second kappa shape index (κ2) is 4.90. The third kappa shape index (κ3) is 2.05. The van der Waals surface area contributed by atoms with E-state index in [0.29, 0.717) is 12.0 Å². The molecule has 1 heterocycles. The van der Waals surface area contributed by atoms with Crippen LogP contribution in [0, 0.1) is 17.8 Å². The topological polar surface area (TPSA) is 46.9 Å². The molecule has 0 spiro atoms. The van der Waals surface area contributed by atoms with Crippen molar-refractivity contribution in [2.75, 3.05) is 5.32 Å². The average Bonchev–Trinajstić information content (AvgIpc) is 3.22. The molecule has 0 saturated heterocycles. The molecule has 4 rings (SSSR count).